The van der Waals surface area contributed by atoms with Gasteiger partial charge in [-0.05, 0) is 33.5 Å². The van der Waals surface area contributed by atoms with Gasteiger partial charge in [-0.3, -0.25) is 0 Å². The fourth-order valence-corrected chi connectivity index (χ4v) is 4.15. The van der Waals surface area contributed by atoms with Crippen molar-refractivity contribution in [3.05, 3.63) is 45.9 Å². The van der Waals surface area contributed by atoms with Gasteiger partial charge in [0.15, 0.2) is 6.26 Å². The number of aromatic nitrogens is 2. The molecule has 162 valence electrons. The van der Waals surface area contributed by atoms with Crippen LogP contribution in [0.3, 0.4) is 0 Å². The Morgan fingerprint density at radius 3 is 2.47 bits per heavy atom. The summed E-state index contributed by atoms with van der Waals surface area (Å²) in [5.41, 5.74) is 4.87. The highest BCUT2D eigenvalue weighted by Gasteiger charge is 2.22. The summed E-state index contributed by atoms with van der Waals surface area (Å²) in [5.74, 6) is 2.03. The Hall–Kier alpha value is -1.58. The summed E-state index contributed by atoms with van der Waals surface area (Å²) < 4.78 is 29.0. The molecule has 1 N–H and O–H groups in total. The molecule has 1 heterocycles. The van der Waals surface area contributed by atoms with E-state index in [2.05, 4.69) is 58.6 Å². The van der Waals surface area contributed by atoms with Crippen molar-refractivity contribution in [1.82, 2.24) is 9.55 Å². The molecule has 2 aromatic carbocycles. The number of hydrogen-bond acceptors (Lipinski definition) is 5. The smallest absolute Gasteiger partial charge is 0.309 e. The van der Waals surface area contributed by atoms with Crippen molar-refractivity contribution >= 4 is 38.4 Å². The van der Waals surface area contributed by atoms with Crippen molar-refractivity contribution in [2.45, 2.75) is 32.9 Å². The molecule has 0 fully saturated rings. The molecule has 8 heteroatoms. The Morgan fingerprint density at radius 1 is 1.20 bits per heavy atom. The van der Waals surface area contributed by atoms with Crippen LogP contribution >= 0.6 is 15.9 Å². The fraction of sp³-hybridized carbons (Fsp3) is 0.409. The minimum absolute atomic E-state index is 0.256. The second kappa shape index (κ2) is 10.2. The van der Waals surface area contributed by atoms with Gasteiger partial charge in [0.2, 0.25) is 0 Å². The van der Waals surface area contributed by atoms with Gasteiger partial charge in [-0.25, -0.2) is 4.98 Å². The van der Waals surface area contributed by atoms with E-state index in [9.17, 15) is 4.55 Å². The van der Waals surface area contributed by atoms with Crippen molar-refractivity contribution < 1.29 is 18.2 Å². The molecule has 0 bridgehead atoms. The molecule has 0 saturated heterocycles. The highest BCUT2D eigenvalue weighted by molar-refractivity contribution is 9.10. The van der Waals surface area contributed by atoms with Crippen LogP contribution in [-0.2, 0) is 33.5 Å². The number of benzene rings is 2. The van der Waals surface area contributed by atoms with Gasteiger partial charge < -0.3 is 14.0 Å². The third-order valence-electron chi connectivity index (χ3n) is 4.96. The van der Waals surface area contributed by atoms with E-state index in [0.717, 1.165) is 32.5 Å². The number of ether oxygens (including phenoxy) is 2. The predicted molar refractivity (Wildman–Crippen MR) is 126 cm³/mol. The first-order chi connectivity index (χ1) is 14.4. The Bertz CT molecular complexity index is 1000. The van der Waals surface area contributed by atoms with Gasteiger partial charge in [-0.1, -0.05) is 38.1 Å². The largest absolute Gasteiger partial charge is 0.494 e. The number of hydrogen-bond donors (Lipinski definition) is 1. The van der Waals surface area contributed by atoms with Gasteiger partial charge in [0.1, 0.15) is 29.2 Å². The average molecular weight is 496 g/mol. The van der Waals surface area contributed by atoms with E-state index in [0.29, 0.717) is 24.8 Å². The van der Waals surface area contributed by atoms with Crippen molar-refractivity contribution in [1.29, 1.82) is 0 Å². The first kappa shape index (κ1) is 23.1. The maximum absolute atomic E-state index is 9.53. The number of methoxy groups -OCH3 is 2. The lowest BCUT2D eigenvalue weighted by molar-refractivity contribution is 0.188. The number of nitrogens with zero attached hydrogens (tertiary/aromatic N) is 2. The van der Waals surface area contributed by atoms with Gasteiger partial charge in [0, 0.05) is 24.8 Å². The molecule has 0 aliphatic rings. The molecule has 0 radical (unpaired) electrons. The molecule has 0 aliphatic carbocycles. The van der Waals surface area contributed by atoms with Crippen LogP contribution in [0.4, 0.5) is 0 Å². The molecule has 1 atom stereocenters. The predicted octanol–water partition coefficient (Wildman–Crippen LogP) is 5.40. The highest BCUT2D eigenvalue weighted by atomic mass is 79.9. The molecule has 0 amide bonds. The van der Waals surface area contributed by atoms with E-state index >= 15 is 0 Å². The lowest BCUT2D eigenvalue weighted by Crippen LogP contribution is -2.07. The third-order valence-corrected chi connectivity index (χ3v) is 6.30. The summed E-state index contributed by atoms with van der Waals surface area (Å²) in [6, 6.07) is 10.4. The molecule has 6 nitrogen and oxygen atoms in total. The number of halogens is 1. The normalized spacial score (nSPS) is 12.7. The maximum atomic E-state index is 9.53. The molecule has 0 saturated carbocycles. The van der Waals surface area contributed by atoms with E-state index in [-0.39, 0.29) is 6.61 Å². The molecule has 3 aromatic rings. The van der Waals surface area contributed by atoms with Crippen LogP contribution in [0, 0.1) is 0 Å². The molecular formula is C22H28BrN2O4S+. The first-order valence-corrected chi connectivity index (χ1v) is 12.0. The molecule has 0 aliphatic heterocycles. The van der Waals surface area contributed by atoms with E-state index in [1.165, 1.54) is 5.56 Å². The lowest BCUT2D eigenvalue weighted by atomic mass is 10.0. The third kappa shape index (κ3) is 4.84. The summed E-state index contributed by atoms with van der Waals surface area (Å²) in [4.78, 5) is 4.97. The van der Waals surface area contributed by atoms with Gasteiger partial charge in [0.25, 0.3) is 0 Å². The number of imidazole rings is 1. The monoisotopic (exact) mass is 495 g/mol. The first-order valence-electron chi connectivity index (χ1n) is 9.70. The maximum Gasteiger partial charge on any atom is 0.309 e. The van der Waals surface area contributed by atoms with Crippen LogP contribution in [0.2, 0.25) is 0 Å². The molecule has 1 unspecified atom stereocenters. The quantitative estimate of drug-likeness (QED) is 0.402. The second-order valence-corrected chi connectivity index (χ2v) is 9.17. The summed E-state index contributed by atoms with van der Waals surface area (Å²) in [7, 11) is 3.34. The summed E-state index contributed by atoms with van der Waals surface area (Å²) in [6.45, 7) is 5.82. The van der Waals surface area contributed by atoms with Crippen LogP contribution in [0.1, 0.15) is 30.9 Å². The highest BCUT2D eigenvalue weighted by Crippen LogP contribution is 2.38. The minimum atomic E-state index is -1.11. The van der Waals surface area contributed by atoms with Gasteiger partial charge >= 0.3 is 11.5 Å². The second-order valence-electron chi connectivity index (χ2n) is 7.29. The van der Waals surface area contributed by atoms with Gasteiger partial charge in [-0.2, -0.15) is 4.55 Å². The van der Waals surface area contributed by atoms with Crippen LogP contribution in [0.15, 0.2) is 34.8 Å². The fourth-order valence-electron chi connectivity index (χ4n) is 3.34. The van der Waals surface area contributed by atoms with E-state index < -0.39 is 11.5 Å². The number of rotatable bonds is 9. The SMILES string of the molecule is COCCn1c(-c2ccc(C(C)C)cc2)nc2c(Br)c(CO[S+](C)O)cc(OC)c21. The lowest BCUT2D eigenvalue weighted by Gasteiger charge is -2.13. The summed E-state index contributed by atoms with van der Waals surface area (Å²) in [5, 5.41) is 0. The van der Waals surface area contributed by atoms with Gasteiger partial charge in [0.05, 0.1) is 18.2 Å². The number of fused-ring (bicyclic) bond motifs is 1. The standard InChI is InChI=1S/C22H28BrN2O4S/c1-14(2)15-6-8-16(9-7-15)22-24-20-19(23)17(13-29-30(5)26)12-18(28-4)21(20)25(22)10-11-27-3/h6-9,12,14,26H,10-11,13H2,1-5H3/q+1. The van der Waals surface area contributed by atoms with Crippen molar-refractivity contribution in [2.24, 2.45) is 0 Å². The zero-order valence-electron chi connectivity index (χ0n) is 17.9. The van der Waals surface area contributed by atoms with Crippen LogP contribution in [0.25, 0.3) is 22.4 Å². The zero-order valence-corrected chi connectivity index (χ0v) is 20.3. The molecule has 0 spiro atoms. The van der Waals surface area contributed by atoms with Crippen molar-refractivity contribution in [3.8, 4) is 17.1 Å². The van der Waals surface area contributed by atoms with Crippen molar-refractivity contribution in [2.75, 3.05) is 27.1 Å². The minimum Gasteiger partial charge on any atom is -0.494 e. The Labute approximate surface area is 189 Å². The molecule has 3 rings (SSSR count). The Morgan fingerprint density at radius 2 is 1.90 bits per heavy atom. The van der Waals surface area contributed by atoms with Crippen molar-refractivity contribution in [3.63, 3.8) is 0 Å². The van der Waals surface area contributed by atoms with Crippen LogP contribution in [-0.4, -0.2) is 41.2 Å². The van der Waals surface area contributed by atoms with Crippen LogP contribution < -0.4 is 4.74 Å². The average Bonchev–Trinajstić information content (AvgIpc) is 3.11. The summed E-state index contributed by atoms with van der Waals surface area (Å²) in [6.07, 6.45) is 1.61. The van der Waals surface area contributed by atoms with E-state index in [1.807, 2.05) is 6.07 Å². The van der Waals surface area contributed by atoms with Crippen LogP contribution in [0.5, 0.6) is 5.75 Å². The van der Waals surface area contributed by atoms with Gasteiger partial charge in [-0.15, -0.1) is 4.18 Å². The topological polar surface area (TPSA) is 65.7 Å². The van der Waals surface area contributed by atoms with E-state index in [4.69, 9.17) is 18.6 Å². The molecular weight excluding hydrogens is 468 g/mol. The Kier molecular flexibility index (Phi) is 7.81. The van der Waals surface area contributed by atoms with E-state index in [1.54, 1.807) is 20.5 Å². The molecule has 1 aromatic heterocycles. The molecule has 30 heavy (non-hydrogen) atoms. The Balaban J connectivity index is 2.19. The zero-order chi connectivity index (χ0) is 21.8. The summed E-state index contributed by atoms with van der Waals surface area (Å²) >= 11 is 2.58.